The van der Waals surface area contributed by atoms with Gasteiger partial charge in [-0.25, -0.2) is 4.79 Å². The molecule has 0 bridgehead atoms. The molecule has 0 saturated carbocycles. The molecule has 0 radical (unpaired) electrons. The maximum Gasteiger partial charge on any atom is 0.418 e. The predicted molar refractivity (Wildman–Crippen MR) is 65.1 cm³/mol. The molecular weight excluding hydrogens is 279 g/mol. The van der Waals surface area contributed by atoms with Crippen molar-refractivity contribution < 1.29 is 22.7 Å². The summed E-state index contributed by atoms with van der Waals surface area (Å²) in [6.45, 7) is 1.69. The fraction of sp³-hybridized carbons (Fsp3) is 0.250. The fourth-order valence-electron chi connectivity index (χ4n) is 1.69. The summed E-state index contributed by atoms with van der Waals surface area (Å²) < 4.78 is 43.6. The lowest BCUT2D eigenvalue weighted by atomic mass is 10.1. The number of carbonyl (C=O) groups is 1. The lowest BCUT2D eigenvalue weighted by Gasteiger charge is -2.08. The Labute approximate surface area is 111 Å². The largest absolute Gasteiger partial charge is 0.461 e. The SMILES string of the molecule is CCOC(=O)c1[nH]cc(C(F)(F)F)c1-c1cccs1. The molecule has 19 heavy (non-hydrogen) atoms. The highest BCUT2D eigenvalue weighted by atomic mass is 32.1. The Morgan fingerprint density at radius 3 is 2.74 bits per heavy atom. The third-order valence-corrected chi connectivity index (χ3v) is 3.32. The Hall–Kier alpha value is -1.76. The van der Waals surface area contributed by atoms with Crippen molar-refractivity contribution in [3.05, 3.63) is 35.0 Å². The molecule has 3 nitrogen and oxygen atoms in total. The molecule has 102 valence electrons. The van der Waals surface area contributed by atoms with Gasteiger partial charge in [-0.05, 0) is 18.4 Å². The Kier molecular flexibility index (Phi) is 3.66. The van der Waals surface area contributed by atoms with Gasteiger partial charge in [0, 0.05) is 16.6 Å². The Morgan fingerprint density at radius 2 is 2.21 bits per heavy atom. The lowest BCUT2D eigenvalue weighted by molar-refractivity contribution is -0.137. The van der Waals surface area contributed by atoms with Crippen LogP contribution in [0, 0.1) is 0 Å². The molecule has 0 aromatic carbocycles. The molecule has 0 aliphatic rings. The molecule has 7 heteroatoms. The Morgan fingerprint density at radius 1 is 1.47 bits per heavy atom. The van der Waals surface area contributed by atoms with Gasteiger partial charge in [-0.2, -0.15) is 13.2 Å². The van der Waals surface area contributed by atoms with Crippen molar-refractivity contribution in [1.82, 2.24) is 4.98 Å². The summed E-state index contributed by atoms with van der Waals surface area (Å²) in [6, 6.07) is 3.16. The molecule has 1 N–H and O–H groups in total. The molecular formula is C12H10F3NO2S. The van der Waals surface area contributed by atoms with Gasteiger partial charge in [0.2, 0.25) is 0 Å². The molecule has 2 heterocycles. The predicted octanol–water partition coefficient (Wildman–Crippen LogP) is 3.94. The van der Waals surface area contributed by atoms with E-state index in [1.54, 1.807) is 18.4 Å². The second kappa shape index (κ2) is 5.08. The van der Waals surface area contributed by atoms with Gasteiger partial charge in [-0.1, -0.05) is 6.07 Å². The second-order valence-corrected chi connectivity index (χ2v) is 4.60. The van der Waals surface area contributed by atoms with Crippen LogP contribution in [-0.4, -0.2) is 17.6 Å². The van der Waals surface area contributed by atoms with E-state index in [-0.39, 0.29) is 17.9 Å². The summed E-state index contributed by atoms with van der Waals surface area (Å²) in [5.74, 6) is -0.790. The lowest BCUT2D eigenvalue weighted by Crippen LogP contribution is -2.09. The van der Waals surface area contributed by atoms with Crippen LogP contribution < -0.4 is 0 Å². The van der Waals surface area contributed by atoms with Gasteiger partial charge in [-0.3, -0.25) is 0 Å². The molecule has 0 spiro atoms. The van der Waals surface area contributed by atoms with Gasteiger partial charge in [0.1, 0.15) is 5.69 Å². The number of aromatic amines is 1. The molecule has 2 aromatic rings. The highest BCUT2D eigenvalue weighted by Crippen LogP contribution is 2.40. The first-order valence-corrected chi connectivity index (χ1v) is 6.32. The minimum atomic E-state index is -4.53. The quantitative estimate of drug-likeness (QED) is 0.870. The number of esters is 1. The van der Waals surface area contributed by atoms with Crippen molar-refractivity contribution in [2.45, 2.75) is 13.1 Å². The molecule has 0 saturated heterocycles. The standard InChI is InChI=1S/C12H10F3NO2S/c1-2-18-11(17)10-9(8-4-3-5-19-8)7(6-16-10)12(13,14)15/h3-6,16H,2H2,1H3. The summed E-state index contributed by atoms with van der Waals surface area (Å²) in [4.78, 5) is 14.4. The van der Waals surface area contributed by atoms with E-state index in [4.69, 9.17) is 4.74 Å². The Bertz CT molecular complexity index is 572. The zero-order valence-corrected chi connectivity index (χ0v) is 10.7. The van der Waals surface area contributed by atoms with E-state index >= 15 is 0 Å². The van der Waals surface area contributed by atoms with Crippen molar-refractivity contribution in [1.29, 1.82) is 0 Å². The van der Waals surface area contributed by atoms with E-state index in [1.807, 2.05) is 0 Å². The van der Waals surface area contributed by atoms with Gasteiger partial charge in [0.25, 0.3) is 0 Å². The smallest absolute Gasteiger partial charge is 0.418 e. The summed E-state index contributed by atoms with van der Waals surface area (Å²) in [7, 11) is 0. The highest BCUT2D eigenvalue weighted by Gasteiger charge is 2.37. The van der Waals surface area contributed by atoms with E-state index in [1.165, 1.54) is 6.07 Å². The van der Waals surface area contributed by atoms with Crippen LogP contribution >= 0.6 is 11.3 Å². The number of nitrogens with one attached hydrogen (secondary N) is 1. The first-order chi connectivity index (χ1) is 8.95. The van der Waals surface area contributed by atoms with Crippen LogP contribution in [0.5, 0.6) is 0 Å². The first kappa shape index (κ1) is 13.7. The van der Waals surface area contributed by atoms with Gasteiger partial charge < -0.3 is 9.72 Å². The molecule has 0 fully saturated rings. The van der Waals surface area contributed by atoms with Crippen molar-refractivity contribution in [2.75, 3.05) is 6.61 Å². The molecule has 0 atom stereocenters. The number of alkyl halides is 3. The monoisotopic (exact) mass is 289 g/mol. The molecule has 2 rings (SSSR count). The van der Waals surface area contributed by atoms with Crippen molar-refractivity contribution >= 4 is 17.3 Å². The number of carbonyl (C=O) groups excluding carboxylic acids is 1. The highest BCUT2D eigenvalue weighted by molar-refractivity contribution is 7.13. The minimum Gasteiger partial charge on any atom is -0.461 e. The Balaban J connectivity index is 2.57. The zero-order valence-electron chi connectivity index (χ0n) is 9.88. The number of thiophene rings is 1. The summed E-state index contributed by atoms with van der Waals surface area (Å²) >= 11 is 1.13. The topological polar surface area (TPSA) is 42.1 Å². The van der Waals surface area contributed by atoms with E-state index in [2.05, 4.69) is 4.98 Å². The molecule has 0 aliphatic heterocycles. The maximum absolute atomic E-state index is 12.9. The maximum atomic E-state index is 12.9. The van der Waals surface area contributed by atoms with E-state index in [9.17, 15) is 18.0 Å². The minimum absolute atomic E-state index is 0.100. The van der Waals surface area contributed by atoms with E-state index < -0.39 is 17.7 Å². The third-order valence-electron chi connectivity index (χ3n) is 2.43. The van der Waals surface area contributed by atoms with Gasteiger partial charge in [0.15, 0.2) is 0 Å². The van der Waals surface area contributed by atoms with Crippen molar-refractivity contribution in [3.8, 4) is 10.4 Å². The average Bonchev–Trinajstić information content (AvgIpc) is 2.97. The van der Waals surface area contributed by atoms with E-state index in [0.29, 0.717) is 4.88 Å². The summed E-state index contributed by atoms with van der Waals surface area (Å²) in [5.41, 5.74) is -1.18. The summed E-state index contributed by atoms with van der Waals surface area (Å²) in [5, 5.41) is 1.65. The molecule has 0 aliphatic carbocycles. The van der Waals surface area contributed by atoms with Crippen molar-refractivity contribution in [3.63, 3.8) is 0 Å². The molecule has 2 aromatic heterocycles. The van der Waals surface area contributed by atoms with Crippen LogP contribution in [0.15, 0.2) is 23.7 Å². The molecule has 0 unspecified atom stereocenters. The van der Waals surface area contributed by atoms with Gasteiger partial charge >= 0.3 is 12.1 Å². The van der Waals surface area contributed by atoms with Gasteiger partial charge in [0.05, 0.1) is 12.2 Å². The van der Waals surface area contributed by atoms with Crippen molar-refractivity contribution in [2.24, 2.45) is 0 Å². The van der Waals surface area contributed by atoms with Crippen LogP contribution in [-0.2, 0) is 10.9 Å². The number of ether oxygens (including phenoxy) is 1. The first-order valence-electron chi connectivity index (χ1n) is 5.44. The van der Waals surface area contributed by atoms with Crippen LogP contribution in [0.4, 0.5) is 13.2 Å². The normalized spacial score (nSPS) is 11.6. The number of hydrogen-bond acceptors (Lipinski definition) is 3. The second-order valence-electron chi connectivity index (χ2n) is 3.65. The average molecular weight is 289 g/mol. The van der Waals surface area contributed by atoms with Crippen LogP contribution in [0.25, 0.3) is 10.4 Å². The summed E-state index contributed by atoms with van der Waals surface area (Å²) in [6.07, 6.45) is -3.73. The number of rotatable bonds is 3. The van der Waals surface area contributed by atoms with Gasteiger partial charge in [-0.15, -0.1) is 11.3 Å². The number of H-pyrrole nitrogens is 1. The third kappa shape index (κ3) is 2.65. The van der Waals surface area contributed by atoms with E-state index in [0.717, 1.165) is 17.5 Å². The van der Waals surface area contributed by atoms with Crippen LogP contribution in [0.3, 0.4) is 0 Å². The zero-order chi connectivity index (χ0) is 14.0. The van der Waals surface area contributed by atoms with Crippen LogP contribution in [0.2, 0.25) is 0 Å². The fourth-order valence-corrected chi connectivity index (χ4v) is 2.48. The van der Waals surface area contributed by atoms with Crippen LogP contribution in [0.1, 0.15) is 23.0 Å². The number of halogens is 3. The molecule has 0 amide bonds. The number of aromatic nitrogens is 1. The number of hydrogen-bond donors (Lipinski definition) is 1.